The number of benzene rings is 2. The van der Waals surface area contributed by atoms with Crippen LogP contribution in [0.3, 0.4) is 0 Å². The zero-order valence-corrected chi connectivity index (χ0v) is 17.4. The largest absolute Gasteiger partial charge is 0.351 e. The van der Waals surface area contributed by atoms with E-state index in [-0.39, 0.29) is 24.4 Å². The Bertz CT molecular complexity index is 854. The molecule has 1 aliphatic carbocycles. The lowest BCUT2D eigenvalue weighted by Crippen LogP contribution is -2.46. The van der Waals surface area contributed by atoms with Crippen LogP contribution in [0.1, 0.15) is 42.9 Å². The van der Waals surface area contributed by atoms with Gasteiger partial charge in [-0.15, -0.1) is 11.6 Å². The summed E-state index contributed by atoms with van der Waals surface area (Å²) < 4.78 is 13.5. The molecule has 1 fully saturated rings. The fraction of sp³-hybridized carbons (Fsp3) is 0.364. The van der Waals surface area contributed by atoms with Gasteiger partial charge in [0, 0.05) is 17.6 Å². The lowest BCUT2D eigenvalue weighted by atomic mass is 10.0. The average molecular weight is 437 g/mol. The van der Waals surface area contributed by atoms with Crippen LogP contribution < -0.4 is 5.32 Å². The summed E-state index contributed by atoms with van der Waals surface area (Å²) in [5, 5.41) is 3.54. The number of hydrogen-bond acceptors (Lipinski definition) is 2. The van der Waals surface area contributed by atoms with Crippen molar-refractivity contribution in [1.29, 1.82) is 0 Å². The zero-order chi connectivity index (χ0) is 20.8. The van der Waals surface area contributed by atoms with Crippen molar-refractivity contribution in [3.05, 3.63) is 70.5 Å². The molecule has 29 heavy (non-hydrogen) atoms. The maximum Gasteiger partial charge on any atom is 0.247 e. The van der Waals surface area contributed by atoms with Crippen LogP contribution in [0.15, 0.2) is 48.5 Å². The van der Waals surface area contributed by atoms with Gasteiger partial charge in [0.05, 0.1) is 0 Å². The van der Waals surface area contributed by atoms with Gasteiger partial charge in [-0.1, -0.05) is 54.8 Å². The molecule has 3 rings (SSSR count). The number of amides is 2. The molecule has 1 aliphatic rings. The summed E-state index contributed by atoms with van der Waals surface area (Å²) in [6.07, 6.45) is 3.96. The summed E-state index contributed by atoms with van der Waals surface area (Å²) in [5.41, 5.74) is 1.22. The van der Waals surface area contributed by atoms with E-state index in [4.69, 9.17) is 23.2 Å². The predicted molar refractivity (Wildman–Crippen MR) is 112 cm³/mol. The number of carbonyl (C=O) groups is 2. The Labute approximate surface area is 180 Å². The smallest absolute Gasteiger partial charge is 0.247 e. The Morgan fingerprint density at radius 3 is 2.38 bits per heavy atom. The quantitative estimate of drug-likeness (QED) is 0.630. The highest BCUT2D eigenvalue weighted by Crippen LogP contribution is 2.28. The first-order valence-corrected chi connectivity index (χ1v) is 10.6. The number of nitrogens with one attached hydrogen (secondary N) is 1. The maximum atomic E-state index is 13.5. The van der Waals surface area contributed by atoms with Gasteiger partial charge in [-0.05, 0) is 42.2 Å². The summed E-state index contributed by atoms with van der Waals surface area (Å²) in [6, 6.07) is 11.9. The molecule has 0 aromatic heterocycles. The van der Waals surface area contributed by atoms with E-state index < -0.39 is 17.8 Å². The summed E-state index contributed by atoms with van der Waals surface area (Å²) in [7, 11) is 0. The first-order valence-electron chi connectivity index (χ1n) is 9.64. The third kappa shape index (κ3) is 5.49. The van der Waals surface area contributed by atoms with Crippen LogP contribution in [0.2, 0.25) is 5.02 Å². The fourth-order valence-corrected chi connectivity index (χ4v) is 4.03. The standard InChI is InChI=1S/C22H23Cl2FN2O2/c23-13-20(28)27(14-16-5-1-4-8-19(16)24)21(15-9-11-17(25)12-10-15)22(29)26-18-6-2-3-7-18/h1,4-5,8-12,18,21H,2-3,6-7,13-14H2,(H,26,29)/t21-/m1/s1. The number of alkyl halides is 1. The topological polar surface area (TPSA) is 49.4 Å². The van der Waals surface area contributed by atoms with Gasteiger partial charge in [-0.2, -0.15) is 0 Å². The van der Waals surface area contributed by atoms with Crippen LogP contribution in [-0.2, 0) is 16.1 Å². The first kappa shape index (κ1) is 21.6. The number of carbonyl (C=O) groups excluding carboxylic acids is 2. The van der Waals surface area contributed by atoms with Crippen LogP contribution >= 0.6 is 23.2 Å². The molecule has 2 amide bonds. The van der Waals surface area contributed by atoms with Gasteiger partial charge in [-0.25, -0.2) is 4.39 Å². The van der Waals surface area contributed by atoms with Crippen LogP contribution in [-0.4, -0.2) is 28.6 Å². The summed E-state index contributed by atoms with van der Waals surface area (Å²) in [5.74, 6) is -1.39. The molecular weight excluding hydrogens is 414 g/mol. The zero-order valence-electron chi connectivity index (χ0n) is 15.9. The van der Waals surface area contributed by atoms with Crippen molar-refractivity contribution >= 4 is 35.0 Å². The molecule has 0 unspecified atom stereocenters. The van der Waals surface area contributed by atoms with Gasteiger partial charge in [0.2, 0.25) is 11.8 Å². The van der Waals surface area contributed by atoms with E-state index in [9.17, 15) is 14.0 Å². The van der Waals surface area contributed by atoms with E-state index in [1.165, 1.54) is 29.2 Å². The van der Waals surface area contributed by atoms with Crippen molar-refractivity contribution in [2.45, 2.75) is 44.3 Å². The predicted octanol–water partition coefficient (Wildman–Crippen LogP) is 4.85. The Hall–Kier alpha value is -2.11. The van der Waals surface area contributed by atoms with Gasteiger partial charge >= 0.3 is 0 Å². The third-order valence-electron chi connectivity index (χ3n) is 5.18. The van der Waals surface area contributed by atoms with E-state index in [1.54, 1.807) is 18.2 Å². The van der Waals surface area contributed by atoms with E-state index >= 15 is 0 Å². The molecule has 1 atom stereocenters. The van der Waals surface area contributed by atoms with E-state index in [0.717, 1.165) is 25.7 Å². The second-order valence-electron chi connectivity index (χ2n) is 7.19. The van der Waals surface area contributed by atoms with Crippen LogP contribution in [0.5, 0.6) is 0 Å². The third-order valence-corrected chi connectivity index (χ3v) is 5.78. The molecule has 154 valence electrons. The van der Waals surface area contributed by atoms with Gasteiger partial charge in [-0.3, -0.25) is 9.59 Å². The molecule has 1 N–H and O–H groups in total. The van der Waals surface area contributed by atoms with Crippen LogP contribution in [0.4, 0.5) is 4.39 Å². The van der Waals surface area contributed by atoms with Crippen LogP contribution in [0, 0.1) is 5.82 Å². The maximum absolute atomic E-state index is 13.5. The monoisotopic (exact) mass is 436 g/mol. The van der Waals surface area contributed by atoms with Crippen molar-refractivity contribution in [2.75, 3.05) is 5.88 Å². The molecule has 0 aliphatic heterocycles. The minimum atomic E-state index is -0.932. The molecule has 0 spiro atoms. The van der Waals surface area contributed by atoms with E-state index in [1.807, 2.05) is 6.07 Å². The molecule has 0 bridgehead atoms. The number of rotatable bonds is 7. The van der Waals surface area contributed by atoms with Crippen molar-refractivity contribution in [1.82, 2.24) is 10.2 Å². The first-order chi connectivity index (χ1) is 14.0. The molecule has 0 saturated heterocycles. The minimum absolute atomic E-state index is 0.0821. The average Bonchev–Trinajstić information content (AvgIpc) is 3.22. The summed E-state index contributed by atoms with van der Waals surface area (Å²) in [6.45, 7) is 0.116. The molecule has 2 aromatic carbocycles. The highest BCUT2D eigenvalue weighted by atomic mass is 35.5. The minimum Gasteiger partial charge on any atom is -0.351 e. The SMILES string of the molecule is O=C(NC1CCCC1)[C@@H](c1ccc(F)cc1)N(Cc1ccccc1Cl)C(=O)CCl. The highest BCUT2D eigenvalue weighted by molar-refractivity contribution is 6.31. The number of halogens is 3. The molecule has 2 aromatic rings. The summed E-state index contributed by atoms with van der Waals surface area (Å²) in [4.78, 5) is 27.4. The number of nitrogens with zero attached hydrogens (tertiary/aromatic N) is 1. The van der Waals surface area contributed by atoms with E-state index in [0.29, 0.717) is 16.1 Å². The van der Waals surface area contributed by atoms with Crippen LogP contribution in [0.25, 0.3) is 0 Å². The molecule has 1 saturated carbocycles. The van der Waals surface area contributed by atoms with E-state index in [2.05, 4.69) is 5.32 Å². The second-order valence-corrected chi connectivity index (χ2v) is 7.87. The lowest BCUT2D eigenvalue weighted by Gasteiger charge is -2.32. The van der Waals surface area contributed by atoms with Crippen molar-refractivity contribution in [3.63, 3.8) is 0 Å². The Morgan fingerprint density at radius 2 is 1.76 bits per heavy atom. The van der Waals surface area contributed by atoms with Crippen molar-refractivity contribution in [3.8, 4) is 0 Å². The fourth-order valence-electron chi connectivity index (χ4n) is 3.68. The van der Waals surface area contributed by atoms with Gasteiger partial charge < -0.3 is 10.2 Å². The molecular formula is C22H23Cl2FN2O2. The lowest BCUT2D eigenvalue weighted by molar-refractivity contribution is -0.140. The summed E-state index contributed by atoms with van der Waals surface area (Å²) >= 11 is 12.2. The Balaban J connectivity index is 1.96. The molecule has 0 heterocycles. The molecule has 4 nitrogen and oxygen atoms in total. The normalized spacial score (nSPS) is 15.1. The number of hydrogen-bond donors (Lipinski definition) is 1. The van der Waals surface area contributed by atoms with Crippen molar-refractivity contribution in [2.24, 2.45) is 0 Å². The highest BCUT2D eigenvalue weighted by Gasteiger charge is 2.33. The van der Waals surface area contributed by atoms with Gasteiger partial charge in [0.25, 0.3) is 0 Å². The van der Waals surface area contributed by atoms with Gasteiger partial charge in [0.15, 0.2) is 0 Å². The van der Waals surface area contributed by atoms with Gasteiger partial charge in [0.1, 0.15) is 17.7 Å². The Kier molecular flexibility index (Phi) is 7.51. The van der Waals surface area contributed by atoms with Crippen molar-refractivity contribution < 1.29 is 14.0 Å². The molecule has 0 radical (unpaired) electrons. The second kappa shape index (κ2) is 10.1. The molecule has 7 heteroatoms. The Morgan fingerprint density at radius 1 is 1.10 bits per heavy atom.